The first-order valence-electron chi connectivity index (χ1n) is 16.4. The average molecular weight is 759 g/mol. The highest BCUT2D eigenvalue weighted by Gasteiger charge is 2.55. The number of nitro benzene ring substituents is 2. The molecule has 0 spiro atoms. The van der Waals surface area contributed by atoms with Crippen LogP contribution in [0.4, 0.5) is 16.2 Å². The number of fused-ring (bicyclic) bond motifs is 1. The van der Waals surface area contributed by atoms with E-state index in [0.717, 1.165) is 0 Å². The fourth-order valence-corrected chi connectivity index (χ4v) is 8.27. The van der Waals surface area contributed by atoms with Crippen LogP contribution in [0.3, 0.4) is 0 Å². The minimum Gasteiger partial charge on any atom is -0.456 e. The van der Waals surface area contributed by atoms with Crippen molar-refractivity contribution in [2.24, 2.45) is 5.92 Å². The summed E-state index contributed by atoms with van der Waals surface area (Å²) >= 11 is 0. The molecule has 1 N–H and O–H groups in total. The summed E-state index contributed by atoms with van der Waals surface area (Å²) in [5.74, 6) is -2.58. The van der Waals surface area contributed by atoms with Gasteiger partial charge in [-0.3, -0.25) is 25.0 Å². The van der Waals surface area contributed by atoms with Gasteiger partial charge < -0.3 is 24.1 Å². The Morgan fingerprint density at radius 1 is 0.942 bits per heavy atom. The number of nitrogens with zero attached hydrogens (tertiary/aromatic N) is 3. The van der Waals surface area contributed by atoms with Gasteiger partial charge in [0.1, 0.15) is 18.9 Å². The number of hydrogen-bond donors (Lipinski definition) is 1. The number of esters is 1. The third kappa shape index (κ3) is 9.28. The Balaban J connectivity index is 1.49. The van der Waals surface area contributed by atoms with Gasteiger partial charge in [0.05, 0.1) is 33.7 Å². The van der Waals surface area contributed by atoms with Gasteiger partial charge in [0.2, 0.25) is 5.91 Å². The summed E-state index contributed by atoms with van der Waals surface area (Å²) in [5, 5.41) is 24.0. The number of carbonyl (C=O) groups excluding carboxylic acids is 3. The molecule has 0 aliphatic carbocycles. The summed E-state index contributed by atoms with van der Waals surface area (Å²) in [6.07, 6.45) is 0.872. The summed E-state index contributed by atoms with van der Waals surface area (Å²) in [6.45, 7) is 11.3. The van der Waals surface area contributed by atoms with Gasteiger partial charge in [-0.05, 0) is 72.6 Å². The van der Waals surface area contributed by atoms with Gasteiger partial charge >= 0.3 is 12.1 Å². The van der Waals surface area contributed by atoms with E-state index in [4.69, 9.17) is 13.9 Å². The molecule has 18 heteroatoms. The van der Waals surface area contributed by atoms with E-state index in [1.54, 1.807) is 6.92 Å². The number of alkyl carbamates (subject to hydrolysis) is 1. The molecule has 2 aliphatic heterocycles. The maximum atomic E-state index is 13.7. The highest BCUT2D eigenvalue weighted by Crippen LogP contribution is 2.44. The monoisotopic (exact) mass is 758 g/mol. The number of non-ortho nitro benzene ring substituents is 2. The molecule has 16 nitrogen and oxygen atoms in total. The van der Waals surface area contributed by atoms with Crippen molar-refractivity contribution in [2.75, 3.05) is 12.3 Å². The lowest BCUT2D eigenvalue weighted by molar-refractivity contribution is -0.385. The number of nitrogens with one attached hydrogen (secondary N) is 1. The van der Waals surface area contributed by atoms with Gasteiger partial charge in [-0.1, -0.05) is 20.8 Å². The topological polar surface area (TPSA) is 215 Å². The first-order valence-corrected chi connectivity index (χ1v) is 21.0. The third-order valence-electron chi connectivity index (χ3n) is 9.44. The second kappa shape index (κ2) is 15.7. The van der Waals surface area contributed by atoms with E-state index < -0.39 is 69.8 Å². The smallest absolute Gasteiger partial charge is 0.407 e. The number of amides is 2. The quantitative estimate of drug-likeness (QED) is 0.0855. The lowest BCUT2D eigenvalue weighted by atomic mass is 9.81. The van der Waals surface area contributed by atoms with Crippen LogP contribution >= 0.6 is 0 Å². The predicted octanol–water partition coefficient (Wildman–Crippen LogP) is 5.30. The van der Waals surface area contributed by atoms with Crippen molar-refractivity contribution in [3.05, 3.63) is 103 Å². The number of carbonyl (C=O) groups is 3. The molecular weight excluding hydrogens is 717 g/mol. The highest BCUT2D eigenvalue weighted by molar-refractivity contribution is 7.95. The SMILES string of the molecule is C[C@@H](O[Si](C)(C)C(C)(C)C)[C@H]1C(=O)N2C(C(=O)OCc3ccc([N+](=O)[O-])cc3)=CC=C(S(=O)(=O)CCNC(=O)OCc3ccc([N+](=O)[O-])cc3)C[C@H]12. The maximum absolute atomic E-state index is 13.7. The van der Waals surface area contributed by atoms with Crippen LogP contribution in [-0.2, 0) is 46.5 Å². The first-order chi connectivity index (χ1) is 24.2. The van der Waals surface area contributed by atoms with Crippen LogP contribution in [0.2, 0.25) is 18.1 Å². The maximum Gasteiger partial charge on any atom is 0.407 e. The molecule has 0 bridgehead atoms. The number of benzene rings is 2. The van der Waals surface area contributed by atoms with E-state index >= 15 is 0 Å². The third-order valence-corrected chi connectivity index (χ3v) is 15.9. The number of ether oxygens (including phenoxy) is 2. The molecule has 2 aromatic rings. The Hall–Kier alpha value is -4.94. The van der Waals surface area contributed by atoms with Crippen LogP contribution in [0.25, 0.3) is 0 Å². The van der Waals surface area contributed by atoms with Crippen molar-refractivity contribution in [1.82, 2.24) is 10.2 Å². The van der Waals surface area contributed by atoms with Crippen molar-refractivity contribution >= 4 is 47.5 Å². The number of nitro groups is 2. The Morgan fingerprint density at radius 2 is 1.46 bits per heavy atom. The number of β-lactam (4-membered cyclic amide) rings is 1. The second-order valence-electron chi connectivity index (χ2n) is 14.0. The molecule has 0 saturated carbocycles. The molecule has 4 rings (SSSR count). The molecule has 0 radical (unpaired) electrons. The molecule has 52 heavy (non-hydrogen) atoms. The Kier molecular flexibility index (Phi) is 12.1. The summed E-state index contributed by atoms with van der Waals surface area (Å²) in [5.41, 5.74) is 0.540. The highest BCUT2D eigenvalue weighted by atomic mass is 32.2. The largest absolute Gasteiger partial charge is 0.456 e. The summed E-state index contributed by atoms with van der Waals surface area (Å²) < 4.78 is 44.3. The van der Waals surface area contributed by atoms with E-state index in [-0.39, 0.29) is 53.2 Å². The molecule has 1 saturated heterocycles. The molecule has 0 aromatic heterocycles. The van der Waals surface area contributed by atoms with Crippen LogP contribution in [-0.4, -0.2) is 73.9 Å². The Bertz CT molecular complexity index is 1890. The predicted molar refractivity (Wildman–Crippen MR) is 191 cm³/mol. The average Bonchev–Trinajstić information content (AvgIpc) is 3.23. The van der Waals surface area contributed by atoms with Gasteiger partial charge in [-0.15, -0.1) is 0 Å². The van der Waals surface area contributed by atoms with Gasteiger partial charge in [-0.25, -0.2) is 18.0 Å². The van der Waals surface area contributed by atoms with Crippen LogP contribution in [0, 0.1) is 26.1 Å². The van der Waals surface area contributed by atoms with Gasteiger partial charge in [0, 0.05) is 42.1 Å². The fourth-order valence-electron chi connectivity index (χ4n) is 5.50. The summed E-state index contributed by atoms with van der Waals surface area (Å²) in [6, 6.07) is 10.1. The van der Waals surface area contributed by atoms with E-state index in [2.05, 4.69) is 26.1 Å². The second-order valence-corrected chi connectivity index (χ2v) is 20.9. The molecule has 3 atom stereocenters. The molecule has 1 fully saturated rings. The lowest BCUT2D eigenvalue weighted by Gasteiger charge is -2.51. The van der Waals surface area contributed by atoms with Gasteiger partial charge in [0.15, 0.2) is 18.2 Å². The minimum absolute atomic E-state index is 0.0567. The molecular formula is C34H42N4O12SSi. The standard InChI is InChI=1S/C34H42N4O12SSi/c1-22(50-52(5,6)34(2,3)4)30-29-19-27(51(46,47)18-17-35-33(41)49-21-24-9-13-26(14-10-24)38(44)45)15-16-28(36(29)31(30)39)32(40)48-20-23-7-11-25(12-8-23)37(42)43/h7-16,22,29-30H,17-21H2,1-6H3,(H,35,41)/t22-,29-,30-/m1/s1. The molecule has 2 aromatic carbocycles. The van der Waals surface area contributed by atoms with Gasteiger partial charge in [-0.2, -0.15) is 0 Å². The van der Waals surface area contributed by atoms with Crippen molar-refractivity contribution in [1.29, 1.82) is 0 Å². The summed E-state index contributed by atoms with van der Waals surface area (Å²) in [4.78, 5) is 61.3. The van der Waals surface area contributed by atoms with Crippen LogP contribution in [0.1, 0.15) is 45.2 Å². The first kappa shape index (κ1) is 39.8. The zero-order valence-corrected chi connectivity index (χ0v) is 31.5. The normalized spacial score (nSPS) is 18.1. The fraction of sp³-hybridized carbons (Fsp3) is 0.441. The Morgan fingerprint density at radius 3 is 1.96 bits per heavy atom. The van der Waals surface area contributed by atoms with Crippen molar-refractivity contribution < 1.29 is 46.5 Å². The summed E-state index contributed by atoms with van der Waals surface area (Å²) in [7, 11) is -6.40. The van der Waals surface area contributed by atoms with Crippen molar-refractivity contribution in [2.45, 2.75) is 77.6 Å². The van der Waals surface area contributed by atoms with E-state index in [1.165, 1.54) is 65.6 Å². The molecule has 2 heterocycles. The zero-order valence-electron chi connectivity index (χ0n) is 29.7. The van der Waals surface area contributed by atoms with Crippen molar-refractivity contribution in [3.63, 3.8) is 0 Å². The van der Waals surface area contributed by atoms with E-state index in [0.29, 0.717) is 11.1 Å². The minimum atomic E-state index is -4.04. The van der Waals surface area contributed by atoms with Crippen LogP contribution in [0.15, 0.2) is 71.3 Å². The lowest BCUT2D eigenvalue weighted by Crippen LogP contribution is -2.65. The number of rotatable bonds is 14. The number of hydrogen-bond acceptors (Lipinski definition) is 12. The van der Waals surface area contributed by atoms with E-state index in [9.17, 15) is 43.0 Å². The molecule has 2 aliphatic rings. The number of allylic oxidation sites excluding steroid dienone is 2. The van der Waals surface area contributed by atoms with Gasteiger partial charge in [0.25, 0.3) is 11.4 Å². The zero-order chi connectivity index (χ0) is 38.6. The van der Waals surface area contributed by atoms with Crippen LogP contribution < -0.4 is 5.32 Å². The number of sulfone groups is 1. The molecule has 0 unspecified atom stereocenters. The molecule has 2 amide bonds. The molecule has 280 valence electrons. The van der Waals surface area contributed by atoms with Crippen molar-refractivity contribution in [3.8, 4) is 0 Å². The Labute approximate surface area is 302 Å². The van der Waals surface area contributed by atoms with Crippen LogP contribution in [0.5, 0.6) is 0 Å². The van der Waals surface area contributed by atoms with E-state index in [1.807, 2.05) is 13.1 Å².